The predicted octanol–water partition coefficient (Wildman–Crippen LogP) is 4.52. The van der Waals surface area contributed by atoms with Gasteiger partial charge in [0, 0.05) is 11.4 Å². The Morgan fingerprint density at radius 3 is 2.76 bits per heavy atom. The molecule has 1 heterocycles. The van der Waals surface area contributed by atoms with Crippen LogP contribution in [-0.4, -0.2) is 13.7 Å². The lowest BCUT2D eigenvalue weighted by Gasteiger charge is -2.14. The fourth-order valence-corrected chi connectivity index (χ4v) is 2.73. The summed E-state index contributed by atoms with van der Waals surface area (Å²) in [5.74, 6) is 1.27. The summed E-state index contributed by atoms with van der Waals surface area (Å²) in [5.41, 5.74) is 1.08. The van der Waals surface area contributed by atoms with E-state index in [-0.39, 0.29) is 12.4 Å². The summed E-state index contributed by atoms with van der Waals surface area (Å²) in [7, 11) is 1.63. The van der Waals surface area contributed by atoms with Crippen molar-refractivity contribution in [2.75, 3.05) is 13.7 Å². The molecule has 0 spiro atoms. The van der Waals surface area contributed by atoms with E-state index in [1.54, 1.807) is 18.4 Å². The molecule has 0 atom stereocenters. The molecule has 0 amide bonds. The van der Waals surface area contributed by atoms with Crippen molar-refractivity contribution in [2.45, 2.75) is 20.1 Å². The maximum Gasteiger partial charge on any atom is 0.180 e. The molecular formula is C15H19Cl2NO2S. The Bertz CT molecular complexity index is 547. The largest absolute Gasteiger partial charge is 0.493 e. The Hall–Kier alpha value is -0.940. The van der Waals surface area contributed by atoms with E-state index in [0.29, 0.717) is 23.1 Å². The van der Waals surface area contributed by atoms with E-state index in [0.717, 1.165) is 23.5 Å². The molecule has 0 bridgehead atoms. The zero-order valence-electron chi connectivity index (χ0n) is 12.0. The lowest BCUT2D eigenvalue weighted by molar-refractivity contribution is 0.287. The molecule has 0 fully saturated rings. The van der Waals surface area contributed by atoms with Gasteiger partial charge >= 0.3 is 0 Å². The Labute approximate surface area is 140 Å². The minimum Gasteiger partial charge on any atom is -0.493 e. The van der Waals surface area contributed by atoms with Crippen LogP contribution < -0.4 is 14.8 Å². The van der Waals surface area contributed by atoms with Crippen molar-refractivity contribution >= 4 is 35.3 Å². The quantitative estimate of drug-likeness (QED) is 0.798. The molecule has 0 saturated heterocycles. The van der Waals surface area contributed by atoms with Gasteiger partial charge in [-0.1, -0.05) is 24.6 Å². The topological polar surface area (TPSA) is 30.5 Å². The zero-order valence-corrected chi connectivity index (χ0v) is 14.4. The Balaban J connectivity index is 0.00000220. The highest BCUT2D eigenvalue weighted by Crippen LogP contribution is 2.37. The van der Waals surface area contributed by atoms with Crippen LogP contribution in [0.4, 0.5) is 0 Å². The van der Waals surface area contributed by atoms with Crippen LogP contribution in [0.2, 0.25) is 5.02 Å². The highest BCUT2D eigenvalue weighted by Gasteiger charge is 2.12. The fourth-order valence-electron chi connectivity index (χ4n) is 1.82. The molecule has 1 aromatic heterocycles. The molecule has 0 aliphatic rings. The molecule has 21 heavy (non-hydrogen) atoms. The molecule has 3 nitrogen and oxygen atoms in total. The van der Waals surface area contributed by atoms with E-state index in [1.165, 1.54) is 0 Å². The van der Waals surface area contributed by atoms with Crippen molar-refractivity contribution in [1.82, 2.24) is 5.32 Å². The number of halogens is 2. The average Bonchev–Trinajstić information content (AvgIpc) is 2.96. The Kier molecular flexibility index (Phi) is 7.89. The van der Waals surface area contributed by atoms with E-state index in [2.05, 4.69) is 12.2 Å². The van der Waals surface area contributed by atoms with Crippen molar-refractivity contribution in [3.05, 3.63) is 45.1 Å². The van der Waals surface area contributed by atoms with Crippen LogP contribution in [0.5, 0.6) is 11.5 Å². The van der Waals surface area contributed by atoms with Gasteiger partial charge in [-0.3, -0.25) is 0 Å². The maximum absolute atomic E-state index is 6.30. The molecular weight excluding hydrogens is 329 g/mol. The number of nitrogens with one attached hydrogen (secondary N) is 1. The van der Waals surface area contributed by atoms with Crippen LogP contribution in [-0.2, 0) is 13.2 Å². The van der Waals surface area contributed by atoms with Gasteiger partial charge in [0.05, 0.1) is 12.1 Å². The van der Waals surface area contributed by atoms with Crippen molar-refractivity contribution in [2.24, 2.45) is 0 Å². The van der Waals surface area contributed by atoms with E-state index < -0.39 is 0 Å². The average molecular weight is 348 g/mol. The first-order valence-corrected chi connectivity index (χ1v) is 7.72. The molecule has 6 heteroatoms. The van der Waals surface area contributed by atoms with E-state index in [9.17, 15) is 0 Å². The maximum atomic E-state index is 6.30. The third kappa shape index (κ3) is 5.08. The summed E-state index contributed by atoms with van der Waals surface area (Å²) in [6.45, 7) is 4.24. The summed E-state index contributed by atoms with van der Waals surface area (Å²) in [5, 5.41) is 5.87. The van der Waals surface area contributed by atoms with Crippen molar-refractivity contribution in [3.63, 3.8) is 0 Å². The smallest absolute Gasteiger partial charge is 0.180 e. The van der Waals surface area contributed by atoms with E-state index in [4.69, 9.17) is 21.1 Å². The van der Waals surface area contributed by atoms with Gasteiger partial charge in [-0.05, 0) is 35.7 Å². The van der Waals surface area contributed by atoms with Crippen LogP contribution in [0.15, 0.2) is 29.6 Å². The number of ether oxygens (including phenoxy) is 2. The molecule has 2 rings (SSSR count). The summed E-state index contributed by atoms with van der Waals surface area (Å²) in [6.07, 6.45) is 0. The first-order chi connectivity index (χ1) is 9.74. The number of hydrogen-bond acceptors (Lipinski definition) is 4. The number of methoxy groups -OCH3 is 1. The molecule has 2 aromatic rings. The monoisotopic (exact) mass is 347 g/mol. The molecule has 0 saturated carbocycles. The first-order valence-electron chi connectivity index (χ1n) is 6.47. The standard InChI is InChI=1S/C15H18ClNO2S.ClH/c1-3-17-9-11-7-13(16)15(14(8-11)18-2)19-10-12-5-4-6-20-12;/h4-8,17H,3,9-10H2,1-2H3;1H. The van der Waals surface area contributed by atoms with Gasteiger partial charge in [0.15, 0.2) is 11.5 Å². The lowest BCUT2D eigenvalue weighted by atomic mass is 10.2. The third-order valence-corrected chi connectivity index (χ3v) is 3.94. The minimum absolute atomic E-state index is 0. The van der Waals surface area contributed by atoms with Gasteiger partial charge in [0.25, 0.3) is 0 Å². The van der Waals surface area contributed by atoms with Gasteiger partial charge < -0.3 is 14.8 Å². The summed E-state index contributed by atoms with van der Waals surface area (Å²) >= 11 is 7.96. The van der Waals surface area contributed by atoms with Gasteiger partial charge in [-0.15, -0.1) is 23.7 Å². The van der Waals surface area contributed by atoms with Crippen LogP contribution in [0.1, 0.15) is 17.4 Å². The van der Waals surface area contributed by atoms with Gasteiger partial charge in [0.2, 0.25) is 0 Å². The number of benzene rings is 1. The highest BCUT2D eigenvalue weighted by molar-refractivity contribution is 7.09. The third-order valence-electron chi connectivity index (χ3n) is 2.81. The van der Waals surface area contributed by atoms with Crippen molar-refractivity contribution in [3.8, 4) is 11.5 Å². The van der Waals surface area contributed by atoms with Crippen LogP contribution in [0, 0.1) is 0 Å². The van der Waals surface area contributed by atoms with E-state index >= 15 is 0 Å². The summed E-state index contributed by atoms with van der Waals surface area (Å²) < 4.78 is 11.2. The second-order valence-electron chi connectivity index (χ2n) is 4.26. The molecule has 116 valence electrons. The summed E-state index contributed by atoms with van der Waals surface area (Å²) in [4.78, 5) is 1.15. The highest BCUT2D eigenvalue weighted by atomic mass is 35.5. The SMILES string of the molecule is CCNCc1cc(Cl)c(OCc2cccs2)c(OC)c1.Cl. The minimum atomic E-state index is 0. The molecule has 0 radical (unpaired) electrons. The second-order valence-corrected chi connectivity index (χ2v) is 5.70. The van der Waals surface area contributed by atoms with Crippen LogP contribution >= 0.6 is 35.3 Å². The number of rotatable bonds is 7. The van der Waals surface area contributed by atoms with Gasteiger partial charge in [-0.25, -0.2) is 0 Å². The van der Waals surface area contributed by atoms with Crippen molar-refractivity contribution < 1.29 is 9.47 Å². The van der Waals surface area contributed by atoms with E-state index in [1.807, 2.05) is 29.6 Å². The van der Waals surface area contributed by atoms with Gasteiger partial charge in [0.1, 0.15) is 6.61 Å². The number of hydrogen-bond donors (Lipinski definition) is 1. The first kappa shape index (κ1) is 18.1. The number of thiophene rings is 1. The lowest BCUT2D eigenvalue weighted by Crippen LogP contribution is -2.12. The van der Waals surface area contributed by atoms with Gasteiger partial charge in [-0.2, -0.15) is 0 Å². The predicted molar refractivity (Wildman–Crippen MR) is 91.3 cm³/mol. The second kappa shape index (κ2) is 9.15. The molecule has 1 N–H and O–H groups in total. The normalized spacial score (nSPS) is 10.0. The van der Waals surface area contributed by atoms with Crippen LogP contribution in [0.3, 0.4) is 0 Å². The molecule has 0 unspecified atom stereocenters. The molecule has 0 aliphatic carbocycles. The molecule has 1 aromatic carbocycles. The molecule has 0 aliphatic heterocycles. The Morgan fingerprint density at radius 2 is 2.14 bits per heavy atom. The van der Waals surface area contributed by atoms with Crippen molar-refractivity contribution in [1.29, 1.82) is 0 Å². The summed E-state index contributed by atoms with van der Waals surface area (Å²) in [6, 6.07) is 7.90. The van der Waals surface area contributed by atoms with Crippen LogP contribution in [0.25, 0.3) is 0 Å². The fraction of sp³-hybridized carbons (Fsp3) is 0.333. The Morgan fingerprint density at radius 1 is 1.33 bits per heavy atom. The zero-order chi connectivity index (χ0) is 14.4.